The zero-order valence-corrected chi connectivity index (χ0v) is 24.4. The van der Waals surface area contributed by atoms with Gasteiger partial charge in [0, 0.05) is 10.9 Å². The van der Waals surface area contributed by atoms with Gasteiger partial charge in [-0.2, -0.15) is 0 Å². The number of hydrogen-bond donors (Lipinski definition) is 0. The van der Waals surface area contributed by atoms with Crippen molar-refractivity contribution in [1.29, 1.82) is 0 Å². The molecule has 0 spiro atoms. The lowest BCUT2D eigenvalue weighted by molar-refractivity contribution is 0.632. The second kappa shape index (κ2) is 10.2. The summed E-state index contributed by atoms with van der Waals surface area (Å²) in [4.78, 5) is 0. The van der Waals surface area contributed by atoms with Crippen LogP contribution in [0.5, 0.6) is 0 Å². The molecule has 0 unspecified atom stereocenters. The highest BCUT2D eigenvalue weighted by Crippen LogP contribution is 2.46. The first-order valence-corrected chi connectivity index (χ1v) is 15.0. The molecule has 1 heteroatoms. The van der Waals surface area contributed by atoms with Gasteiger partial charge in [-0.15, -0.1) is 0 Å². The van der Waals surface area contributed by atoms with Crippen LogP contribution in [0.1, 0.15) is 20.6 Å². The zero-order chi connectivity index (χ0) is 44.0. The average molecular weight is 612 g/mol. The summed E-state index contributed by atoms with van der Waals surface area (Å²) in [6, 6.07) is 14.6. The van der Waals surface area contributed by atoms with Gasteiger partial charge >= 0.3 is 0 Å². The van der Waals surface area contributed by atoms with Gasteiger partial charge in [-0.1, -0.05) is 151 Å². The molecule has 0 aliphatic rings. The predicted octanol–water partition coefficient (Wildman–Crippen LogP) is 13.2. The molecule has 0 amide bonds. The van der Waals surface area contributed by atoms with Crippen LogP contribution in [0.25, 0.3) is 98.4 Å². The summed E-state index contributed by atoms with van der Waals surface area (Å²) < 4.78 is 141. The summed E-state index contributed by atoms with van der Waals surface area (Å²) in [5.41, 5.74) is 0.634. The molecule has 0 atom stereocenters. The molecule has 0 bridgehead atoms. The van der Waals surface area contributed by atoms with Crippen LogP contribution in [-0.2, 0) is 0 Å². The van der Waals surface area contributed by atoms with Crippen molar-refractivity contribution in [2.75, 3.05) is 0 Å². The molecule has 47 heavy (non-hydrogen) atoms. The molecule has 0 aliphatic heterocycles. The van der Waals surface area contributed by atoms with E-state index in [1.54, 1.807) is 18.2 Å². The second-order valence-corrected chi connectivity index (χ2v) is 11.3. The highest BCUT2D eigenvalue weighted by Gasteiger charge is 2.19. The summed E-state index contributed by atoms with van der Waals surface area (Å²) in [5, 5.41) is 2.84. The Kier molecular flexibility index (Phi) is 3.33. The van der Waals surface area contributed by atoms with Crippen LogP contribution < -0.4 is 0 Å². The highest BCUT2D eigenvalue weighted by atomic mass is 16.3. The third-order valence-corrected chi connectivity index (χ3v) is 8.78. The molecule has 0 saturated carbocycles. The van der Waals surface area contributed by atoms with E-state index in [1.807, 2.05) is 54.6 Å². The van der Waals surface area contributed by atoms with E-state index in [-0.39, 0.29) is 38.2 Å². The molecule has 0 radical (unpaired) electrons. The maximum atomic E-state index is 9.38. The van der Waals surface area contributed by atoms with Crippen LogP contribution in [0.4, 0.5) is 0 Å². The smallest absolute Gasteiger partial charge is 0.136 e. The number of fused-ring (bicyclic) bond motifs is 7. The van der Waals surface area contributed by atoms with E-state index >= 15 is 0 Å². The van der Waals surface area contributed by atoms with Crippen molar-refractivity contribution in [2.24, 2.45) is 0 Å². The lowest BCUT2D eigenvalue weighted by atomic mass is 9.84. The quantitative estimate of drug-likeness (QED) is 0.143. The number of benzene rings is 9. The fourth-order valence-corrected chi connectivity index (χ4v) is 6.74. The molecule has 0 fully saturated rings. The molecule has 1 heterocycles. The zero-order valence-electron chi connectivity index (χ0n) is 39.4. The van der Waals surface area contributed by atoms with E-state index in [0.717, 1.165) is 27.1 Å². The van der Waals surface area contributed by atoms with Crippen LogP contribution in [-0.4, -0.2) is 0 Å². The van der Waals surface area contributed by atoms with Crippen molar-refractivity contribution in [3.05, 3.63) is 169 Å². The van der Waals surface area contributed by atoms with Gasteiger partial charge < -0.3 is 4.42 Å². The minimum atomic E-state index is -0.761. The fourth-order valence-electron chi connectivity index (χ4n) is 6.74. The maximum Gasteiger partial charge on any atom is 0.136 e. The van der Waals surface area contributed by atoms with Crippen LogP contribution in [0.15, 0.2) is 174 Å². The summed E-state index contributed by atoms with van der Waals surface area (Å²) in [5.74, 6) is 0.538. The van der Waals surface area contributed by atoms with Gasteiger partial charge in [0.1, 0.15) is 11.3 Å². The first kappa shape index (κ1) is 15.4. The number of furan rings is 1. The Balaban J connectivity index is 1.39. The first-order valence-electron chi connectivity index (χ1n) is 22.5. The normalized spacial score (nSPS) is 16.3. The Morgan fingerprint density at radius 1 is 0.383 bits per heavy atom. The average Bonchev–Trinajstić information content (AvgIpc) is 3.71. The minimum Gasteiger partial charge on any atom is -0.456 e. The summed E-state index contributed by atoms with van der Waals surface area (Å²) >= 11 is 0. The van der Waals surface area contributed by atoms with E-state index in [1.165, 1.54) is 0 Å². The van der Waals surface area contributed by atoms with Gasteiger partial charge in [0.15, 0.2) is 0 Å². The molecule has 0 aliphatic carbocycles. The molecule has 0 N–H and O–H groups in total. The van der Waals surface area contributed by atoms with Crippen LogP contribution in [0.2, 0.25) is 0 Å². The van der Waals surface area contributed by atoms with E-state index in [2.05, 4.69) is 6.07 Å². The van der Waals surface area contributed by atoms with Crippen molar-refractivity contribution in [2.45, 2.75) is 0 Å². The minimum absolute atomic E-state index is 0.00491. The standard InChI is InChI=1S/C46H28O/c1-3-15-33-29(12-1)14-11-23-37(33)46-40-21-9-7-19-38(40)45(39-20-8-10-22-41(39)46)32-25-24-31-27-44(47-43(31)28-32)42-26-30-13-2-4-16-34(30)35-17-5-6-18-36(35)42/h1-28H/i1D,3D,7D,8D,9D,10D,11D,12D,14D,15D,19D,20D,21D,22D,23D. The lowest BCUT2D eigenvalue weighted by Crippen LogP contribution is -1.91. The van der Waals surface area contributed by atoms with Crippen molar-refractivity contribution < 1.29 is 25.0 Å². The molecule has 1 nitrogen and oxygen atoms in total. The first-order chi connectivity index (χ1) is 29.5. The third-order valence-electron chi connectivity index (χ3n) is 8.78. The largest absolute Gasteiger partial charge is 0.456 e. The fraction of sp³-hybridized carbons (Fsp3) is 0. The third kappa shape index (κ3) is 3.97. The molecular formula is C46H28O. The summed E-state index contributed by atoms with van der Waals surface area (Å²) in [6.45, 7) is 0. The molecule has 0 saturated heterocycles. The number of rotatable bonds is 3. The van der Waals surface area contributed by atoms with Gasteiger partial charge in [-0.25, -0.2) is 0 Å². The van der Waals surface area contributed by atoms with Crippen LogP contribution in [0.3, 0.4) is 0 Å². The van der Waals surface area contributed by atoms with Gasteiger partial charge in [-0.05, 0) is 94.3 Å². The second-order valence-electron chi connectivity index (χ2n) is 11.3. The Bertz CT molecular complexity index is 3620. The van der Waals surface area contributed by atoms with Crippen molar-refractivity contribution in [3.8, 4) is 33.6 Å². The molecule has 9 aromatic carbocycles. The van der Waals surface area contributed by atoms with Crippen LogP contribution in [0, 0.1) is 0 Å². The molecule has 10 rings (SSSR count). The Labute approximate surface area is 293 Å². The van der Waals surface area contributed by atoms with Crippen LogP contribution >= 0.6 is 0 Å². The van der Waals surface area contributed by atoms with Gasteiger partial charge in [-0.3, -0.25) is 0 Å². The van der Waals surface area contributed by atoms with Gasteiger partial charge in [0.2, 0.25) is 0 Å². The highest BCUT2D eigenvalue weighted by molar-refractivity contribution is 6.24. The van der Waals surface area contributed by atoms with E-state index in [4.69, 9.17) is 18.1 Å². The lowest BCUT2D eigenvalue weighted by Gasteiger charge is -2.18. The van der Waals surface area contributed by atoms with Gasteiger partial charge in [0.25, 0.3) is 0 Å². The van der Waals surface area contributed by atoms with E-state index in [0.29, 0.717) is 16.7 Å². The molecule has 1 aromatic heterocycles. The Morgan fingerprint density at radius 3 is 1.77 bits per heavy atom. The Morgan fingerprint density at radius 2 is 1.00 bits per heavy atom. The van der Waals surface area contributed by atoms with Crippen molar-refractivity contribution >= 4 is 64.8 Å². The van der Waals surface area contributed by atoms with Crippen molar-refractivity contribution in [1.82, 2.24) is 0 Å². The predicted molar refractivity (Wildman–Crippen MR) is 200 cm³/mol. The molecular weight excluding hydrogens is 569 g/mol. The SMILES string of the molecule is [2H]c1c([2H])c([2H])c2c(-c3c4c([2H])c([2H])c([2H])c([2H])c4c(-c4ccc5cc(-c6cc7ccccc7c7ccccc67)oc5c4)c4c([2H])c([2H])c([2H])c([2H])c34)c([2H])c([2H])c([2H])c2c1[2H]. The molecule has 218 valence electrons. The van der Waals surface area contributed by atoms with Crippen molar-refractivity contribution in [3.63, 3.8) is 0 Å². The summed E-state index contributed by atoms with van der Waals surface area (Å²) in [6.07, 6.45) is 0. The monoisotopic (exact) mass is 611 g/mol. The molecule has 10 aromatic rings. The Hall–Kier alpha value is -6.18. The van der Waals surface area contributed by atoms with Gasteiger partial charge in [0.05, 0.1) is 20.6 Å². The maximum absolute atomic E-state index is 9.38. The number of hydrogen-bond acceptors (Lipinski definition) is 1. The topological polar surface area (TPSA) is 13.1 Å². The summed E-state index contributed by atoms with van der Waals surface area (Å²) in [7, 11) is 0. The van der Waals surface area contributed by atoms with E-state index < -0.39 is 107 Å². The van der Waals surface area contributed by atoms with E-state index in [9.17, 15) is 6.85 Å².